The number of ether oxygens (including phenoxy) is 1. The Labute approximate surface area is 118 Å². The molecule has 0 spiro atoms. The van der Waals surface area contributed by atoms with Crippen LogP contribution in [-0.4, -0.2) is 36.6 Å². The summed E-state index contributed by atoms with van der Waals surface area (Å²) in [4.78, 5) is 14.2. The minimum Gasteiger partial charge on any atom is -0.379 e. The van der Waals surface area contributed by atoms with Crippen LogP contribution in [0.5, 0.6) is 0 Å². The number of nitrogens with two attached hydrogens (primary N) is 1. The molecule has 2 N–H and O–H groups in total. The Morgan fingerprint density at radius 2 is 2.32 bits per heavy atom. The molecule has 0 saturated carbocycles. The molecule has 0 aromatic heterocycles. The van der Waals surface area contributed by atoms with Crippen molar-refractivity contribution in [1.82, 2.24) is 4.90 Å². The molecule has 104 valence electrons. The van der Waals surface area contributed by atoms with Crippen molar-refractivity contribution in [2.45, 2.75) is 19.5 Å². The van der Waals surface area contributed by atoms with Gasteiger partial charge in [0.15, 0.2) is 0 Å². The Balaban J connectivity index is 2.05. The summed E-state index contributed by atoms with van der Waals surface area (Å²) in [6.45, 7) is 4.05. The van der Waals surface area contributed by atoms with Crippen LogP contribution in [0.4, 0.5) is 0 Å². The van der Waals surface area contributed by atoms with Crippen LogP contribution >= 0.6 is 11.6 Å². The van der Waals surface area contributed by atoms with Crippen LogP contribution in [-0.2, 0) is 16.1 Å². The molecule has 1 heterocycles. The topological polar surface area (TPSA) is 55.6 Å². The van der Waals surface area contributed by atoms with Gasteiger partial charge in [-0.15, -0.1) is 0 Å². The number of carbonyl (C=O) groups is 1. The van der Waals surface area contributed by atoms with Crippen LogP contribution in [0.3, 0.4) is 0 Å². The zero-order valence-electron chi connectivity index (χ0n) is 11.0. The highest BCUT2D eigenvalue weighted by Crippen LogP contribution is 2.18. The molecule has 5 heteroatoms. The minimum absolute atomic E-state index is 0.0625. The Bertz CT molecular complexity index is 453. The van der Waals surface area contributed by atoms with Gasteiger partial charge < -0.3 is 15.4 Å². The summed E-state index contributed by atoms with van der Waals surface area (Å²) in [6.07, 6.45) is 0. The minimum atomic E-state index is -0.223. The van der Waals surface area contributed by atoms with Crippen molar-refractivity contribution in [3.05, 3.63) is 34.9 Å². The van der Waals surface area contributed by atoms with Gasteiger partial charge in [0.2, 0.25) is 5.91 Å². The average Bonchev–Trinajstić information content (AvgIpc) is 2.81. The van der Waals surface area contributed by atoms with Crippen molar-refractivity contribution >= 4 is 17.5 Å². The summed E-state index contributed by atoms with van der Waals surface area (Å²) < 4.78 is 5.26. The van der Waals surface area contributed by atoms with E-state index in [1.54, 1.807) is 4.90 Å². The van der Waals surface area contributed by atoms with Crippen molar-refractivity contribution in [3.8, 4) is 0 Å². The molecular formula is C14H19ClN2O2. The van der Waals surface area contributed by atoms with E-state index in [1.807, 2.05) is 31.2 Å². The van der Waals surface area contributed by atoms with Crippen LogP contribution in [0.2, 0.25) is 5.02 Å². The van der Waals surface area contributed by atoms with Gasteiger partial charge in [-0.2, -0.15) is 0 Å². The molecular weight excluding hydrogens is 264 g/mol. The fraction of sp³-hybridized carbons (Fsp3) is 0.500. The molecule has 2 rings (SSSR count). The molecule has 1 aliphatic rings. The van der Waals surface area contributed by atoms with Gasteiger partial charge in [-0.25, -0.2) is 0 Å². The SMILES string of the molecule is CCN(Cc1cccc(Cl)c1)C(=O)C1COCC1N. The number of rotatable bonds is 4. The first-order valence-electron chi connectivity index (χ1n) is 6.48. The summed E-state index contributed by atoms with van der Waals surface area (Å²) in [7, 11) is 0. The van der Waals surface area contributed by atoms with Gasteiger partial charge in [-0.1, -0.05) is 23.7 Å². The van der Waals surface area contributed by atoms with Gasteiger partial charge in [0, 0.05) is 24.2 Å². The fourth-order valence-electron chi connectivity index (χ4n) is 2.26. The van der Waals surface area contributed by atoms with E-state index < -0.39 is 0 Å². The smallest absolute Gasteiger partial charge is 0.229 e. The third-order valence-corrected chi connectivity index (χ3v) is 3.63. The Kier molecular flexibility index (Phi) is 4.80. The molecule has 1 aliphatic heterocycles. The maximum Gasteiger partial charge on any atom is 0.229 e. The van der Waals surface area contributed by atoms with E-state index in [9.17, 15) is 4.79 Å². The standard InChI is InChI=1S/C14H19ClN2O2/c1-2-17(7-10-4-3-5-11(15)6-10)14(18)12-8-19-9-13(12)16/h3-6,12-13H,2,7-9,16H2,1H3. The normalized spacial score (nSPS) is 22.5. The molecule has 1 aromatic rings. The summed E-state index contributed by atoms with van der Waals surface area (Å²) in [6, 6.07) is 7.36. The second kappa shape index (κ2) is 6.37. The molecule has 0 aliphatic carbocycles. The maximum atomic E-state index is 12.4. The van der Waals surface area contributed by atoms with Crippen molar-refractivity contribution in [3.63, 3.8) is 0 Å². The monoisotopic (exact) mass is 282 g/mol. The third kappa shape index (κ3) is 3.47. The molecule has 1 fully saturated rings. The lowest BCUT2D eigenvalue weighted by Crippen LogP contribution is -2.43. The summed E-state index contributed by atoms with van der Waals surface area (Å²) >= 11 is 5.96. The molecule has 19 heavy (non-hydrogen) atoms. The van der Waals surface area contributed by atoms with E-state index in [-0.39, 0.29) is 17.9 Å². The van der Waals surface area contributed by atoms with E-state index in [1.165, 1.54) is 0 Å². The van der Waals surface area contributed by atoms with E-state index in [0.717, 1.165) is 5.56 Å². The fourth-order valence-corrected chi connectivity index (χ4v) is 2.47. The number of hydrogen-bond donors (Lipinski definition) is 1. The second-order valence-electron chi connectivity index (χ2n) is 4.79. The summed E-state index contributed by atoms with van der Waals surface area (Å²) in [5.74, 6) is -0.161. The van der Waals surface area contributed by atoms with Crippen molar-refractivity contribution in [2.24, 2.45) is 11.7 Å². The number of carbonyl (C=O) groups excluding carboxylic acids is 1. The van der Waals surface area contributed by atoms with Gasteiger partial charge >= 0.3 is 0 Å². The van der Waals surface area contributed by atoms with Gasteiger partial charge in [-0.05, 0) is 24.6 Å². The molecule has 1 saturated heterocycles. The van der Waals surface area contributed by atoms with Crippen LogP contribution in [0, 0.1) is 5.92 Å². The molecule has 0 bridgehead atoms. The highest BCUT2D eigenvalue weighted by molar-refractivity contribution is 6.30. The van der Waals surface area contributed by atoms with Gasteiger partial charge in [0.25, 0.3) is 0 Å². The summed E-state index contributed by atoms with van der Waals surface area (Å²) in [5.41, 5.74) is 6.92. The number of benzene rings is 1. The largest absolute Gasteiger partial charge is 0.379 e. The van der Waals surface area contributed by atoms with Crippen LogP contribution in [0.25, 0.3) is 0 Å². The van der Waals surface area contributed by atoms with Crippen LogP contribution in [0.1, 0.15) is 12.5 Å². The van der Waals surface area contributed by atoms with Crippen molar-refractivity contribution < 1.29 is 9.53 Å². The van der Waals surface area contributed by atoms with E-state index in [2.05, 4.69) is 0 Å². The highest BCUT2D eigenvalue weighted by Gasteiger charge is 2.33. The van der Waals surface area contributed by atoms with Crippen molar-refractivity contribution in [1.29, 1.82) is 0 Å². The predicted molar refractivity (Wildman–Crippen MR) is 74.8 cm³/mol. The Hall–Kier alpha value is -1.10. The highest BCUT2D eigenvalue weighted by atomic mass is 35.5. The van der Waals surface area contributed by atoms with Crippen molar-refractivity contribution in [2.75, 3.05) is 19.8 Å². The number of amides is 1. The number of halogens is 1. The molecule has 2 atom stereocenters. The molecule has 1 aromatic carbocycles. The third-order valence-electron chi connectivity index (χ3n) is 3.40. The maximum absolute atomic E-state index is 12.4. The lowest BCUT2D eigenvalue weighted by molar-refractivity contribution is -0.136. The molecule has 4 nitrogen and oxygen atoms in total. The van der Waals surface area contributed by atoms with Crippen LogP contribution < -0.4 is 5.73 Å². The van der Waals surface area contributed by atoms with Crippen LogP contribution in [0.15, 0.2) is 24.3 Å². The number of nitrogens with zero attached hydrogens (tertiary/aromatic N) is 1. The van der Waals surface area contributed by atoms with Gasteiger partial charge in [0.1, 0.15) is 0 Å². The molecule has 2 unspecified atom stereocenters. The van der Waals surface area contributed by atoms with Gasteiger partial charge in [-0.3, -0.25) is 4.79 Å². The summed E-state index contributed by atoms with van der Waals surface area (Å²) in [5, 5.41) is 0.682. The number of hydrogen-bond acceptors (Lipinski definition) is 3. The average molecular weight is 283 g/mol. The first-order chi connectivity index (χ1) is 9.11. The quantitative estimate of drug-likeness (QED) is 0.914. The first kappa shape index (κ1) is 14.3. The Morgan fingerprint density at radius 1 is 1.53 bits per heavy atom. The van der Waals surface area contributed by atoms with E-state index >= 15 is 0 Å². The second-order valence-corrected chi connectivity index (χ2v) is 5.23. The first-order valence-corrected chi connectivity index (χ1v) is 6.86. The lowest BCUT2D eigenvalue weighted by Gasteiger charge is -2.25. The lowest BCUT2D eigenvalue weighted by atomic mass is 10.0. The zero-order chi connectivity index (χ0) is 13.8. The van der Waals surface area contributed by atoms with E-state index in [4.69, 9.17) is 22.1 Å². The predicted octanol–water partition coefficient (Wildman–Crippen LogP) is 1.66. The zero-order valence-corrected chi connectivity index (χ0v) is 11.8. The molecule has 1 amide bonds. The Morgan fingerprint density at radius 3 is 2.89 bits per heavy atom. The van der Waals surface area contributed by atoms with E-state index in [0.29, 0.717) is 31.3 Å². The van der Waals surface area contributed by atoms with Gasteiger partial charge in [0.05, 0.1) is 19.1 Å². The molecule has 0 radical (unpaired) electrons.